The standard InChI is InChI=1S/C20H23N3O3S2/c1-12-6-7-13(26-12)10-23(2)17(24)8-9-27-11-16-21-19(25)18-14-4-3-5-15(14)28-20(18)22-16/h6-7H,3-5,8-11H2,1-2H3,(H,21,22,25). The Hall–Kier alpha value is -2.06. The first-order valence-electron chi connectivity index (χ1n) is 9.41. The van der Waals surface area contributed by atoms with Crippen molar-refractivity contribution in [1.82, 2.24) is 14.9 Å². The number of fused-ring (bicyclic) bond motifs is 3. The van der Waals surface area contributed by atoms with Crippen molar-refractivity contribution in [2.45, 2.75) is 44.9 Å². The summed E-state index contributed by atoms with van der Waals surface area (Å²) in [6.45, 7) is 2.37. The van der Waals surface area contributed by atoms with Crippen LogP contribution in [0.3, 0.4) is 0 Å². The van der Waals surface area contributed by atoms with Crippen molar-refractivity contribution in [1.29, 1.82) is 0 Å². The molecule has 1 N–H and O–H groups in total. The van der Waals surface area contributed by atoms with Crippen molar-refractivity contribution in [3.63, 3.8) is 0 Å². The third kappa shape index (κ3) is 4.03. The van der Waals surface area contributed by atoms with Crippen molar-refractivity contribution in [3.8, 4) is 0 Å². The molecule has 28 heavy (non-hydrogen) atoms. The number of amides is 1. The Morgan fingerprint density at radius 1 is 1.39 bits per heavy atom. The van der Waals surface area contributed by atoms with Crippen LogP contribution in [0.4, 0.5) is 0 Å². The van der Waals surface area contributed by atoms with E-state index in [1.165, 1.54) is 10.4 Å². The van der Waals surface area contributed by atoms with Crippen molar-refractivity contribution in [2.24, 2.45) is 0 Å². The molecule has 1 aliphatic rings. The quantitative estimate of drug-likeness (QED) is 0.594. The van der Waals surface area contributed by atoms with Crippen molar-refractivity contribution in [3.05, 3.63) is 50.3 Å². The summed E-state index contributed by atoms with van der Waals surface area (Å²) in [5, 5.41) is 0.788. The first-order chi connectivity index (χ1) is 13.5. The molecule has 0 unspecified atom stereocenters. The second-order valence-electron chi connectivity index (χ2n) is 7.11. The molecule has 8 heteroatoms. The number of thioether (sulfide) groups is 1. The number of furan rings is 1. The first-order valence-corrected chi connectivity index (χ1v) is 11.4. The second kappa shape index (κ2) is 8.13. The highest BCUT2D eigenvalue weighted by Gasteiger charge is 2.21. The van der Waals surface area contributed by atoms with E-state index in [2.05, 4.69) is 9.97 Å². The van der Waals surface area contributed by atoms with Crippen molar-refractivity contribution >= 4 is 39.2 Å². The molecule has 6 nitrogen and oxygen atoms in total. The second-order valence-corrected chi connectivity index (χ2v) is 9.30. The van der Waals surface area contributed by atoms with Gasteiger partial charge >= 0.3 is 0 Å². The van der Waals surface area contributed by atoms with Crippen LogP contribution in [0.25, 0.3) is 10.2 Å². The summed E-state index contributed by atoms with van der Waals surface area (Å²) < 4.78 is 5.52. The Balaban J connectivity index is 1.29. The van der Waals surface area contributed by atoms with Gasteiger partial charge in [0.15, 0.2) is 0 Å². The van der Waals surface area contributed by atoms with Crippen LogP contribution in [0.5, 0.6) is 0 Å². The van der Waals surface area contributed by atoms with Gasteiger partial charge in [0.25, 0.3) is 5.56 Å². The van der Waals surface area contributed by atoms with Gasteiger partial charge in [0.2, 0.25) is 5.91 Å². The number of H-pyrrole nitrogens is 1. The molecule has 4 rings (SSSR count). The average molecular weight is 418 g/mol. The molecule has 0 saturated carbocycles. The minimum Gasteiger partial charge on any atom is -0.464 e. The highest BCUT2D eigenvalue weighted by atomic mass is 32.2. The molecule has 0 spiro atoms. The topological polar surface area (TPSA) is 79.2 Å². The highest BCUT2D eigenvalue weighted by Crippen LogP contribution is 2.34. The summed E-state index contributed by atoms with van der Waals surface area (Å²) >= 11 is 3.27. The van der Waals surface area contributed by atoms with Gasteiger partial charge in [-0.3, -0.25) is 9.59 Å². The van der Waals surface area contributed by atoms with E-state index in [1.54, 1.807) is 35.0 Å². The minimum absolute atomic E-state index is 0.0236. The number of carbonyl (C=O) groups is 1. The zero-order valence-corrected chi connectivity index (χ0v) is 17.7. The van der Waals surface area contributed by atoms with Crippen LogP contribution in [0, 0.1) is 6.92 Å². The molecule has 0 aromatic carbocycles. The Labute approximate surface area is 171 Å². The van der Waals surface area contributed by atoms with Gasteiger partial charge in [-0.25, -0.2) is 4.98 Å². The lowest BCUT2D eigenvalue weighted by molar-refractivity contribution is -0.130. The maximum atomic E-state index is 12.5. The number of nitrogens with one attached hydrogen (secondary N) is 1. The summed E-state index contributed by atoms with van der Waals surface area (Å²) in [7, 11) is 1.79. The molecule has 0 radical (unpaired) electrons. The van der Waals surface area contributed by atoms with Crippen LogP contribution in [0.1, 0.15) is 40.6 Å². The largest absolute Gasteiger partial charge is 0.464 e. The predicted octanol–water partition coefficient (Wildman–Crippen LogP) is 3.66. The molecule has 148 valence electrons. The SMILES string of the molecule is Cc1ccc(CN(C)C(=O)CCSCc2nc3sc4c(c3c(=O)[nH]2)CCC4)o1. The highest BCUT2D eigenvalue weighted by molar-refractivity contribution is 7.98. The van der Waals surface area contributed by atoms with E-state index in [-0.39, 0.29) is 11.5 Å². The Morgan fingerprint density at radius 2 is 2.25 bits per heavy atom. The lowest BCUT2D eigenvalue weighted by Crippen LogP contribution is -2.26. The molecule has 0 atom stereocenters. The van der Waals surface area contributed by atoms with Gasteiger partial charge in [0.05, 0.1) is 17.7 Å². The van der Waals surface area contributed by atoms with Gasteiger partial charge in [0.1, 0.15) is 22.2 Å². The maximum Gasteiger partial charge on any atom is 0.259 e. The van der Waals surface area contributed by atoms with E-state index in [4.69, 9.17) is 4.42 Å². The zero-order valence-electron chi connectivity index (χ0n) is 16.0. The van der Waals surface area contributed by atoms with Gasteiger partial charge in [-0.05, 0) is 43.9 Å². The fourth-order valence-electron chi connectivity index (χ4n) is 3.53. The van der Waals surface area contributed by atoms with E-state index in [9.17, 15) is 9.59 Å². The van der Waals surface area contributed by atoms with Gasteiger partial charge in [0, 0.05) is 24.1 Å². The van der Waals surface area contributed by atoms with Crippen LogP contribution in [0.2, 0.25) is 0 Å². The summed E-state index contributed by atoms with van der Waals surface area (Å²) in [6, 6.07) is 3.79. The van der Waals surface area contributed by atoms with Gasteiger partial charge in [-0.1, -0.05) is 0 Å². The van der Waals surface area contributed by atoms with Crippen LogP contribution < -0.4 is 5.56 Å². The molecule has 1 amide bonds. The molecule has 0 bridgehead atoms. The van der Waals surface area contributed by atoms with E-state index >= 15 is 0 Å². The molecule has 3 aromatic heterocycles. The Bertz CT molecular complexity index is 1070. The number of thiophene rings is 1. The molecule has 1 aliphatic carbocycles. The lowest BCUT2D eigenvalue weighted by Gasteiger charge is -2.15. The van der Waals surface area contributed by atoms with E-state index < -0.39 is 0 Å². The fourth-order valence-corrected chi connectivity index (χ4v) is 5.60. The van der Waals surface area contributed by atoms with E-state index in [0.29, 0.717) is 30.3 Å². The molecular weight excluding hydrogens is 394 g/mol. The third-order valence-corrected chi connectivity index (χ3v) is 7.09. The van der Waals surface area contributed by atoms with E-state index in [1.807, 2.05) is 19.1 Å². The first kappa shape index (κ1) is 19.3. The summed E-state index contributed by atoms with van der Waals surface area (Å²) in [4.78, 5) is 36.2. The molecular formula is C20H23N3O3S2. The molecule has 0 fully saturated rings. The fraction of sp³-hybridized carbons (Fsp3) is 0.450. The number of carbonyl (C=O) groups excluding carboxylic acids is 1. The van der Waals surface area contributed by atoms with Gasteiger partial charge in [-0.15, -0.1) is 11.3 Å². The molecule has 0 aliphatic heterocycles. The van der Waals surface area contributed by atoms with Gasteiger partial charge < -0.3 is 14.3 Å². The average Bonchev–Trinajstić information content (AvgIpc) is 3.34. The van der Waals surface area contributed by atoms with Crippen LogP contribution in [-0.2, 0) is 29.9 Å². The number of aryl methyl sites for hydroxylation is 3. The van der Waals surface area contributed by atoms with E-state index in [0.717, 1.165) is 41.0 Å². The van der Waals surface area contributed by atoms with Crippen LogP contribution >= 0.6 is 23.1 Å². The molecule has 3 aromatic rings. The van der Waals surface area contributed by atoms with Crippen molar-refractivity contribution < 1.29 is 9.21 Å². The monoisotopic (exact) mass is 417 g/mol. The van der Waals surface area contributed by atoms with Crippen molar-refractivity contribution in [2.75, 3.05) is 12.8 Å². The summed E-state index contributed by atoms with van der Waals surface area (Å²) in [6.07, 6.45) is 3.63. The molecule has 3 heterocycles. The maximum absolute atomic E-state index is 12.5. The normalized spacial score (nSPS) is 13.2. The number of hydrogen-bond acceptors (Lipinski definition) is 6. The predicted molar refractivity (Wildman–Crippen MR) is 113 cm³/mol. The van der Waals surface area contributed by atoms with Crippen LogP contribution in [0.15, 0.2) is 21.3 Å². The number of aromatic amines is 1. The summed E-state index contributed by atoms with van der Waals surface area (Å²) in [5.74, 6) is 3.69. The number of hydrogen-bond donors (Lipinski definition) is 1. The summed E-state index contributed by atoms with van der Waals surface area (Å²) in [5.41, 5.74) is 1.18. The third-order valence-electron chi connectivity index (χ3n) is 4.94. The lowest BCUT2D eigenvalue weighted by atomic mass is 10.2. The zero-order chi connectivity index (χ0) is 19.7. The van der Waals surface area contributed by atoms with Gasteiger partial charge in [-0.2, -0.15) is 11.8 Å². The number of nitrogens with zero attached hydrogens (tertiary/aromatic N) is 2. The number of rotatable bonds is 7. The Kier molecular flexibility index (Phi) is 5.59. The smallest absolute Gasteiger partial charge is 0.259 e. The Morgan fingerprint density at radius 3 is 3.04 bits per heavy atom. The van der Waals surface area contributed by atoms with Crippen LogP contribution in [-0.4, -0.2) is 33.6 Å². The molecule has 0 saturated heterocycles. The number of aromatic nitrogens is 2. The minimum atomic E-state index is -0.0236.